The van der Waals surface area contributed by atoms with E-state index in [9.17, 15) is 18.3 Å². The van der Waals surface area contributed by atoms with Crippen LogP contribution in [0.15, 0.2) is 35.2 Å². The van der Waals surface area contributed by atoms with Gasteiger partial charge in [0.05, 0.1) is 28.8 Å². The number of hydrogen-bond acceptors (Lipinski definition) is 5. The fourth-order valence-electron chi connectivity index (χ4n) is 1.99. The molecular weight excluding hydrogens is 377 g/mol. The summed E-state index contributed by atoms with van der Waals surface area (Å²) in [5, 5.41) is 10.6. The minimum Gasteiger partial charge on any atom is -0.545 e. The van der Waals surface area contributed by atoms with Gasteiger partial charge in [0.2, 0.25) is 0 Å². The van der Waals surface area contributed by atoms with E-state index in [-0.39, 0.29) is 15.7 Å². The second-order valence-electron chi connectivity index (χ2n) is 4.86. The van der Waals surface area contributed by atoms with Crippen LogP contribution in [-0.4, -0.2) is 21.5 Å². The van der Waals surface area contributed by atoms with Gasteiger partial charge in [-0.2, -0.15) is 0 Å². The molecule has 0 aliphatic heterocycles. The largest absolute Gasteiger partial charge is 0.545 e. The van der Waals surface area contributed by atoms with Crippen LogP contribution in [-0.2, 0) is 10.0 Å². The first-order valence-electron chi connectivity index (χ1n) is 6.53. The predicted molar refractivity (Wildman–Crippen MR) is 89.3 cm³/mol. The summed E-state index contributed by atoms with van der Waals surface area (Å²) in [6.07, 6.45) is 0. The molecule has 0 spiro atoms. The number of ether oxygens (including phenoxy) is 1. The van der Waals surface area contributed by atoms with Crippen molar-refractivity contribution in [2.24, 2.45) is 0 Å². The Bertz CT molecular complexity index is 912. The van der Waals surface area contributed by atoms with E-state index in [2.05, 4.69) is 4.72 Å². The van der Waals surface area contributed by atoms with Crippen LogP contribution in [0.2, 0.25) is 10.0 Å². The monoisotopic (exact) mass is 388 g/mol. The zero-order valence-electron chi connectivity index (χ0n) is 12.6. The quantitative estimate of drug-likeness (QED) is 0.848. The van der Waals surface area contributed by atoms with Gasteiger partial charge in [-0.05, 0) is 36.8 Å². The normalized spacial score (nSPS) is 11.2. The maximum absolute atomic E-state index is 12.6. The van der Waals surface area contributed by atoms with Crippen molar-refractivity contribution in [1.29, 1.82) is 0 Å². The average molecular weight is 389 g/mol. The Morgan fingerprint density at radius 1 is 1.17 bits per heavy atom. The maximum atomic E-state index is 12.6. The highest BCUT2D eigenvalue weighted by atomic mass is 35.5. The lowest BCUT2D eigenvalue weighted by Crippen LogP contribution is -2.23. The zero-order chi connectivity index (χ0) is 18.1. The van der Waals surface area contributed by atoms with E-state index in [4.69, 9.17) is 27.9 Å². The molecule has 0 saturated heterocycles. The second-order valence-corrected chi connectivity index (χ2v) is 7.32. The molecule has 0 amide bonds. The van der Waals surface area contributed by atoms with Crippen LogP contribution in [0.4, 0.5) is 5.69 Å². The SMILES string of the molecule is COc1ccc(C)cc1NS(=O)(=O)c1cc(C(=O)[O-])c(Cl)cc1Cl. The summed E-state index contributed by atoms with van der Waals surface area (Å²) in [4.78, 5) is 10.6. The number of anilines is 1. The van der Waals surface area contributed by atoms with Crippen LogP contribution in [0.5, 0.6) is 5.75 Å². The molecule has 0 aromatic heterocycles. The Morgan fingerprint density at radius 3 is 2.42 bits per heavy atom. The number of carboxylic acids is 1. The van der Waals surface area contributed by atoms with Crippen LogP contribution >= 0.6 is 23.2 Å². The summed E-state index contributed by atoms with van der Waals surface area (Å²) in [6, 6.07) is 6.81. The lowest BCUT2D eigenvalue weighted by atomic mass is 10.2. The number of aromatic carboxylic acids is 1. The minimum absolute atomic E-state index is 0.193. The number of nitrogens with one attached hydrogen (secondary N) is 1. The van der Waals surface area contributed by atoms with Crippen molar-refractivity contribution in [1.82, 2.24) is 0 Å². The number of sulfonamides is 1. The van der Waals surface area contributed by atoms with Gasteiger partial charge < -0.3 is 14.6 Å². The number of rotatable bonds is 5. The molecule has 128 valence electrons. The Labute approximate surface area is 149 Å². The van der Waals surface area contributed by atoms with Gasteiger partial charge >= 0.3 is 0 Å². The number of methoxy groups -OCH3 is 1. The summed E-state index contributed by atoms with van der Waals surface area (Å²) in [7, 11) is -2.78. The van der Waals surface area contributed by atoms with Crippen LogP contribution in [0, 0.1) is 6.92 Å². The van der Waals surface area contributed by atoms with Crippen molar-refractivity contribution in [3.05, 3.63) is 51.5 Å². The molecule has 6 nitrogen and oxygen atoms in total. The number of halogens is 2. The van der Waals surface area contributed by atoms with Crippen molar-refractivity contribution in [3.63, 3.8) is 0 Å². The fourth-order valence-corrected chi connectivity index (χ4v) is 3.91. The van der Waals surface area contributed by atoms with E-state index >= 15 is 0 Å². The minimum atomic E-state index is -4.18. The van der Waals surface area contributed by atoms with E-state index in [0.29, 0.717) is 5.75 Å². The molecule has 0 aliphatic rings. The van der Waals surface area contributed by atoms with E-state index in [1.165, 1.54) is 7.11 Å². The van der Waals surface area contributed by atoms with E-state index in [0.717, 1.165) is 17.7 Å². The summed E-state index contributed by atoms with van der Waals surface area (Å²) in [5.41, 5.74) is 0.516. The third-order valence-corrected chi connectivity index (χ3v) is 5.27. The van der Waals surface area contributed by atoms with Crippen molar-refractivity contribution < 1.29 is 23.1 Å². The van der Waals surface area contributed by atoms with Crippen molar-refractivity contribution >= 4 is 44.9 Å². The Kier molecular flexibility index (Phi) is 5.27. The molecule has 0 saturated carbocycles. The molecule has 0 atom stereocenters. The molecule has 0 heterocycles. The lowest BCUT2D eigenvalue weighted by molar-refractivity contribution is -0.255. The molecule has 24 heavy (non-hydrogen) atoms. The summed E-state index contributed by atoms with van der Waals surface area (Å²) < 4.78 is 32.6. The van der Waals surface area contributed by atoms with Gasteiger partial charge in [0.1, 0.15) is 10.6 Å². The van der Waals surface area contributed by atoms with Crippen LogP contribution in [0.1, 0.15) is 15.9 Å². The number of carbonyl (C=O) groups excluding carboxylic acids is 1. The molecule has 1 N–H and O–H groups in total. The molecule has 2 aromatic rings. The smallest absolute Gasteiger partial charge is 0.263 e. The molecule has 0 fully saturated rings. The Hall–Kier alpha value is -1.96. The topological polar surface area (TPSA) is 95.5 Å². The fraction of sp³-hybridized carbons (Fsp3) is 0.133. The molecule has 0 aliphatic carbocycles. The second kappa shape index (κ2) is 6.88. The van der Waals surface area contributed by atoms with E-state index in [1.807, 2.05) is 0 Å². The van der Waals surface area contributed by atoms with Crippen molar-refractivity contribution in [3.8, 4) is 5.75 Å². The Balaban J connectivity index is 2.54. The first kappa shape index (κ1) is 18.4. The highest BCUT2D eigenvalue weighted by Gasteiger charge is 2.22. The number of hydrogen-bond donors (Lipinski definition) is 1. The van der Waals surface area contributed by atoms with Crippen LogP contribution in [0.25, 0.3) is 0 Å². The van der Waals surface area contributed by atoms with Gasteiger partial charge in [-0.15, -0.1) is 0 Å². The lowest BCUT2D eigenvalue weighted by Gasteiger charge is -2.15. The van der Waals surface area contributed by atoms with Gasteiger partial charge in [0.15, 0.2) is 0 Å². The molecular formula is C15H12Cl2NO5S-. The third-order valence-electron chi connectivity index (χ3n) is 3.13. The predicted octanol–water partition coefficient (Wildman–Crippen LogP) is 2.47. The average Bonchev–Trinajstić information content (AvgIpc) is 2.46. The van der Waals surface area contributed by atoms with Gasteiger partial charge in [-0.3, -0.25) is 4.72 Å². The maximum Gasteiger partial charge on any atom is 0.263 e. The first-order chi connectivity index (χ1) is 11.2. The van der Waals surface area contributed by atoms with E-state index < -0.39 is 26.5 Å². The van der Waals surface area contributed by atoms with Crippen molar-refractivity contribution in [2.45, 2.75) is 11.8 Å². The van der Waals surface area contributed by atoms with Crippen LogP contribution < -0.4 is 14.6 Å². The van der Waals surface area contributed by atoms with Gasteiger partial charge in [-0.25, -0.2) is 8.42 Å². The number of carboxylic acid groups (broad SMARTS) is 1. The molecule has 2 aromatic carbocycles. The summed E-state index contributed by atoms with van der Waals surface area (Å²) >= 11 is 11.6. The number of benzene rings is 2. The molecule has 0 unspecified atom stereocenters. The van der Waals surface area contributed by atoms with E-state index in [1.54, 1.807) is 25.1 Å². The first-order valence-corrected chi connectivity index (χ1v) is 8.77. The highest BCUT2D eigenvalue weighted by molar-refractivity contribution is 7.92. The zero-order valence-corrected chi connectivity index (χ0v) is 14.9. The number of carbonyl (C=O) groups is 1. The molecule has 0 bridgehead atoms. The highest BCUT2D eigenvalue weighted by Crippen LogP contribution is 2.32. The number of aryl methyl sites for hydroxylation is 1. The van der Waals surface area contributed by atoms with Gasteiger partial charge in [0, 0.05) is 5.56 Å². The third kappa shape index (κ3) is 3.75. The standard InChI is InChI=1S/C15H13Cl2NO5S/c1-8-3-4-13(23-2)12(5-8)18-24(21,22)14-6-9(15(19)20)10(16)7-11(14)17/h3-7,18H,1-2H3,(H,19,20)/p-1. The van der Waals surface area contributed by atoms with Gasteiger partial charge in [-0.1, -0.05) is 29.3 Å². The Morgan fingerprint density at radius 2 is 1.83 bits per heavy atom. The molecule has 9 heteroatoms. The summed E-state index contributed by atoms with van der Waals surface area (Å²) in [5.74, 6) is -1.31. The molecule has 0 radical (unpaired) electrons. The van der Waals surface area contributed by atoms with Crippen molar-refractivity contribution in [2.75, 3.05) is 11.8 Å². The molecule has 2 rings (SSSR count). The van der Waals surface area contributed by atoms with Gasteiger partial charge in [0.25, 0.3) is 10.0 Å². The summed E-state index contributed by atoms with van der Waals surface area (Å²) in [6.45, 7) is 1.78. The van der Waals surface area contributed by atoms with Crippen LogP contribution in [0.3, 0.4) is 0 Å².